The lowest BCUT2D eigenvalue weighted by molar-refractivity contribution is 0.0735. The third-order valence-corrected chi connectivity index (χ3v) is 6.54. The molecule has 0 spiro atoms. The second kappa shape index (κ2) is 6.90. The van der Waals surface area contributed by atoms with Gasteiger partial charge in [0.15, 0.2) is 5.82 Å². The molecule has 1 saturated heterocycles. The van der Waals surface area contributed by atoms with Crippen LogP contribution in [0.4, 0.5) is 0 Å². The SMILES string of the molecule is O=C(c1cc2c(s1)CCNC2)N1CCCC1c1nc(-c2ccccc2)n[nH]1. The van der Waals surface area contributed by atoms with Gasteiger partial charge in [-0.05, 0) is 30.9 Å². The van der Waals surface area contributed by atoms with Crippen LogP contribution >= 0.6 is 11.3 Å². The number of thiophene rings is 1. The molecule has 27 heavy (non-hydrogen) atoms. The molecular weight excluding hydrogens is 358 g/mol. The number of hydrogen-bond donors (Lipinski definition) is 2. The molecule has 2 aliphatic rings. The number of H-pyrrole nitrogens is 1. The van der Waals surface area contributed by atoms with Gasteiger partial charge in [-0.1, -0.05) is 30.3 Å². The van der Waals surface area contributed by atoms with E-state index in [1.165, 1.54) is 10.4 Å². The van der Waals surface area contributed by atoms with Gasteiger partial charge < -0.3 is 10.2 Å². The zero-order valence-corrected chi connectivity index (χ0v) is 15.8. The monoisotopic (exact) mass is 379 g/mol. The average molecular weight is 379 g/mol. The number of likely N-dealkylation sites (tertiary alicyclic amines) is 1. The number of aromatic amines is 1. The van der Waals surface area contributed by atoms with Crippen molar-refractivity contribution in [3.63, 3.8) is 0 Å². The molecule has 4 heterocycles. The Hall–Kier alpha value is -2.51. The molecule has 5 rings (SSSR count). The largest absolute Gasteiger partial charge is 0.328 e. The second-order valence-electron chi connectivity index (χ2n) is 7.05. The number of hydrogen-bond acceptors (Lipinski definition) is 5. The number of nitrogens with zero attached hydrogens (tertiary/aromatic N) is 3. The summed E-state index contributed by atoms with van der Waals surface area (Å²) in [4.78, 5) is 22.0. The van der Waals surface area contributed by atoms with Crippen LogP contribution in [0.3, 0.4) is 0 Å². The summed E-state index contributed by atoms with van der Waals surface area (Å²) in [7, 11) is 0. The number of benzene rings is 1. The number of fused-ring (bicyclic) bond motifs is 1. The lowest BCUT2D eigenvalue weighted by Crippen LogP contribution is -2.30. The van der Waals surface area contributed by atoms with E-state index in [2.05, 4.69) is 26.6 Å². The van der Waals surface area contributed by atoms with Crippen LogP contribution in [-0.4, -0.2) is 39.1 Å². The standard InChI is InChI=1S/C20H21N5OS/c26-20(17-11-14-12-21-9-8-16(14)27-17)25-10-4-7-15(25)19-22-18(23-24-19)13-5-2-1-3-6-13/h1-3,5-6,11,15,21H,4,7-10,12H2,(H,22,23,24). The zero-order valence-electron chi connectivity index (χ0n) is 14.9. The van der Waals surface area contributed by atoms with E-state index in [1.807, 2.05) is 35.2 Å². The van der Waals surface area contributed by atoms with E-state index >= 15 is 0 Å². The van der Waals surface area contributed by atoms with Crippen molar-refractivity contribution in [2.75, 3.05) is 13.1 Å². The van der Waals surface area contributed by atoms with Crippen molar-refractivity contribution in [2.24, 2.45) is 0 Å². The Labute approximate surface area is 161 Å². The minimum absolute atomic E-state index is 0.0280. The van der Waals surface area contributed by atoms with E-state index in [1.54, 1.807) is 11.3 Å². The fourth-order valence-electron chi connectivity index (χ4n) is 3.93. The highest BCUT2D eigenvalue weighted by Crippen LogP contribution is 2.34. The Morgan fingerprint density at radius 3 is 3.00 bits per heavy atom. The summed E-state index contributed by atoms with van der Waals surface area (Å²) in [5.74, 6) is 1.58. The summed E-state index contributed by atoms with van der Waals surface area (Å²) in [6.07, 6.45) is 2.92. The van der Waals surface area contributed by atoms with Crippen LogP contribution in [0.5, 0.6) is 0 Å². The van der Waals surface area contributed by atoms with Gasteiger partial charge in [-0.15, -0.1) is 11.3 Å². The molecule has 1 amide bonds. The van der Waals surface area contributed by atoms with Crippen LogP contribution in [0, 0.1) is 0 Å². The van der Waals surface area contributed by atoms with E-state index in [9.17, 15) is 4.79 Å². The molecule has 2 aliphatic heterocycles. The molecular formula is C20H21N5OS. The lowest BCUT2D eigenvalue weighted by atomic mass is 10.1. The third kappa shape index (κ3) is 3.07. The van der Waals surface area contributed by atoms with Crippen molar-refractivity contribution in [3.05, 3.63) is 57.5 Å². The van der Waals surface area contributed by atoms with Gasteiger partial charge in [0.2, 0.25) is 0 Å². The van der Waals surface area contributed by atoms with Crippen molar-refractivity contribution < 1.29 is 4.79 Å². The van der Waals surface area contributed by atoms with Gasteiger partial charge in [-0.3, -0.25) is 9.89 Å². The molecule has 0 aliphatic carbocycles. The minimum Gasteiger partial charge on any atom is -0.328 e. The lowest BCUT2D eigenvalue weighted by Gasteiger charge is -2.22. The molecule has 138 valence electrons. The Bertz CT molecular complexity index is 940. The summed E-state index contributed by atoms with van der Waals surface area (Å²) < 4.78 is 0. The first-order valence-corrected chi connectivity index (χ1v) is 10.2. The molecule has 1 unspecified atom stereocenters. The highest BCUT2D eigenvalue weighted by atomic mass is 32.1. The Kier molecular flexibility index (Phi) is 4.26. The number of aromatic nitrogens is 3. The summed E-state index contributed by atoms with van der Waals surface area (Å²) >= 11 is 1.65. The quantitative estimate of drug-likeness (QED) is 0.733. The number of nitrogens with one attached hydrogen (secondary N) is 2. The van der Waals surface area contributed by atoms with E-state index in [0.717, 1.165) is 55.2 Å². The molecule has 7 heteroatoms. The summed E-state index contributed by atoms with van der Waals surface area (Å²) in [6, 6.07) is 12.0. The number of rotatable bonds is 3. The molecule has 2 aromatic heterocycles. The molecule has 0 saturated carbocycles. The first-order valence-electron chi connectivity index (χ1n) is 9.40. The average Bonchev–Trinajstić information content (AvgIpc) is 3.46. The topological polar surface area (TPSA) is 73.9 Å². The molecule has 0 bridgehead atoms. The fraction of sp³-hybridized carbons (Fsp3) is 0.350. The zero-order chi connectivity index (χ0) is 18.2. The van der Waals surface area contributed by atoms with E-state index < -0.39 is 0 Å². The van der Waals surface area contributed by atoms with E-state index in [4.69, 9.17) is 0 Å². The Morgan fingerprint density at radius 2 is 2.15 bits per heavy atom. The van der Waals surface area contributed by atoms with Gasteiger partial charge in [-0.25, -0.2) is 4.98 Å². The maximum Gasteiger partial charge on any atom is 0.264 e. The van der Waals surface area contributed by atoms with E-state index in [-0.39, 0.29) is 11.9 Å². The van der Waals surface area contributed by atoms with Crippen LogP contribution in [0.25, 0.3) is 11.4 Å². The highest BCUT2D eigenvalue weighted by molar-refractivity contribution is 7.14. The molecule has 1 atom stereocenters. The van der Waals surface area contributed by atoms with Gasteiger partial charge >= 0.3 is 0 Å². The molecule has 1 fully saturated rings. The first kappa shape index (κ1) is 16.6. The third-order valence-electron chi connectivity index (χ3n) is 5.32. The van der Waals surface area contributed by atoms with Crippen molar-refractivity contribution in [3.8, 4) is 11.4 Å². The summed E-state index contributed by atoms with van der Waals surface area (Å²) in [5.41, 5.74) is 2.26. The second-order valence-corrected chi connectivity index (χ2v) is 8.19. The molecule has 2 N–H and O–H groups in total. The van der Waals surface area contributed by atoms with Gasteiger partial charge in [0.1, 0.15) is 5.82 Å². The fourth-order valence-corrected chi connectivity index (χ4v) is 5.07. The summed E-state index contributed by atoms with van der Waals surface area (Å²) in [6.45, 7) is 2.63. The van der Waals surface area contributed by atoms with Crippen LogP contribution in [0.2, 0.25) is 0 Å². The van der Waals surface area contributed by atoms with Crippen LogP contribution in [-0.2, 0) is 13.0 Å². The number of amides is 1. The Morgan fingerprint density at radius 1 is 1.26 bits per heavy atom. The van der Waals surface area contributed by atoms with Gasteiger partial charge in [0.25, 0.3) is 5.91 Å². The molecule has 1 aromatic carbocycles. The molecule has 0 radical (unpaired) electrons. The Balaban J connectivity index is 1.40. The smallest absolute Gasteiger partial charge is 0.264 e. The van der Waals surface area contributed by atoms with Crippen molar-refractivity contribution >= 4 is 17.2 Å². The first-order chi connectivity index (χ1) is 13.3. The maximum absolute atomic E-state index is 13.2. The van der Waals surface area contributed by atoms with Crippen molar-refractivity contribution in [2.45, 2.75) is 31.8 Å². The van der Waals surface area contributed by atoms with Gasteiger partial charge in [0, 0.05) is 30.1 Å². The highest BCUT2D eigenvalue weighted by Gasteiger charge is 2.34. The molecule has 6 nitrogen and oxygen atoms in total. The normalized spacial score (nSPS) is 19.3. The van der Waals surface area contributed by atoms with Crippen LogP contribution in [0.15, 0.2) is 36.4 Å². The van der Waals surface area contributed by atoms with Crippen molar-refractivity contribution in [1.29, 1.82) is 0 Å². The van der Waals surface area contributed by atoms with Gasteiger partial charge in [0.05, 0.1) is 10.9 Å². The number of carbonyl (C=O) groups excluding carboxylic acids is 1. The predicted octanol–water partition coefficient (Wildman–Crippen LogP) is 3.16. The molecule has 3 aromatic rings. The van der Waals surface area contributed by atoms with Crippen LogP contribution in [0.1, 0.15) is 44.8 Å². The number of carbonyl (C=O) groups is 1. The minimum atomic E-state index is -0.0280. The van der Waals surface area contributed by atoms with E-state index in [0.29, 0.717) is 5.82 Å². The predicted molar refractivity (Wildman–Crippen MR) is 105 cm³/mol. The van der Waals surface area contributed by atoms with Gasteiger partial charge in [-0.2, -0.15) is 5.10 Å². The van der Waals surface area contributed by atoms with Crippen molar-refractivity contribution in [1.82, 2.24) is 25.4 Å². The maximum atomic E-state index is 13.2. The van der Waals surface area contributed by atoms with Crippen LogP contribution < -0.4 is 5.32 Å². The summed E-state index contributed by atoms with van der Waals surface area (Å²) in [5, 5.41) is 10.8.